The fraction of sp³-hybridized carbons (Fsp3) is 0.100. The number of carbonyl (C=O) groups excluding carboxylic acids is 1. The van der Waals surface area contributed by atoms with E-state index in [4.69, 9.17) is 9.15 Å². The van der Waals surface area contributed by atoms with Gasteiger partial charge in [0.05, 0.1) is 11.1 Å². The molecule has 0 amide bonds. The van der Waals surface area contributed by atoms with Crippen LogP contribution in [-0.4, -0.2) is 5.78 Å². The predicted molar refractivity (Wildman–Crippen MR) is 171 cm³/mol. The number of hydrogen-bond donors (Lipinski definition) is 0. The summed E-state index contributed by atoms with van der Waals surface area (Å²) in [6.07, 6.45) is 4.71. The number of Topliss-reactive ketones (excluding diaryl/α,β-unsaturated/α-hetero) is 1. The Labute approximate surface area is 256 Å². The van der Waals surface area contributed by atoms with E-state index >= 15 is 0 Å². The van der Waals surface area contributed by atoms with Gasteiger partial charge in [0.15, 0.2) is 5.78 Å². The maximum Gasteiger partial charge on any atom is 0.361 e. The number of carbonyl (C=O) groups is 1. The van der Waals surface area contributed by atoms with Crippen molar-refractivity contribution in [3.05, 3.63) is 174 Å². The number of ether oxygens (including phenoxy) is 1. The summed E-state index contributed by atoms with van der Waals surface area (Å²) < 4.78 is 12.6. The molecule has 4 nitrogen and oxygen atoms in total. The summed E-state index contributed by atoms with van der Waals surface area (Å²) in [4.78, 5) is 13.5. The molecule has 0 radical (unpaired) electrons. The molecule has 214 valence electrons. The molecule has 0 saturated carbocycles. The number of ketones is 1. The number of benzene rings is 4. The molecule has 4 heteroatoms. The Morgan fingerprint density at radius 2 is 1.02 bits per heavy atom. The molecular formula is C40H30O4. The smallest absolute Gasteiger partial charge is 0.361 e. The third-order valence-electron chi connectivity index (χ3n) is 8.14. The van der Waals surface area contributed by atoms with Crippen LogP contribution in [0.1, 0.15) is 23.1 Å². The van der Waals surface area contributed by atoms with E-state index in [1.807, 2.05) is 146 Å². The molecule has 7 rings (SSSR count). The Kier molecular flexibility index (Phi) is 7.47. The van der Waals surface area contributed by atoms with Crippen LogP contribution in [0.15, 0.2) is 161 Å². The summed E-state index contributed by atoms with van der Waals surface area (Å²) in [6.45, 7) is 0. The standard InChI is InChI=1S/C40H30O4/c41-39-33(21-27-23-35(29-13-5-1-6-14-29)43-36(24-27)30-15-7-2-8-16-30)40(42)34(39)22-28-25-37(31-17-9-3-10-18-31)44-38(26-28)32-19-11-4-12-20-32/h1-20,23-27,34H,21-22H2. The molecule has 0 saturated heterocycles. The highest BCUT2D eigenvalue weighted by atomic mass is 16.5. The van der Waals surface area contributed by atoms with Gasteiger partial charge in [0, 0.05) is 35.1 Å². The Balaban J connectivity index is 1.17. The lowest BCUT2D eigenvalue weighted by Crippen LogP contribution is -2.39. The lowest BCUT2D eigenvalue weighted by Gasteiger charge is -2.38. The SMILES string of the molecule is O=C1C(CC2C=C(c3ccccc3)OC(c3ccccc3)=C2)=C([O-])C1Cc1cc(-c2ccccc2)[o+]c(-c2ccccc2)c1. The molecule has 1 aliphatic carbocycles. The number of allylic oxidation sites excluding steroid dienone is 4. The molecule has 1 atom stereocenters. The van der Waals surface area contributed by atoms with Crippen LogP contribution in [0.25, 0.3) is 34.2 Å². The summed E-state index contributed by atoms with van der Waals surface area (Å²) in [5.74, 6) is 1.86. The van der Waals surface area contributed by atoms with Gasteiger partial charge in [-0.3, -0.25) is 4.79 Å². The van der Waals surface area contributed by atoms with Crippen molar-refractivity contribution in [3.63, 3.8) is 0 Å². The van der Waals surface area contributed by atoms with Gasteiger partial charge in [-0.15, -0.1) is 5.76 Å². The third-order valence-corrected chi connectivity index (χ3v) is 8.14. The summed E-state index contributed by atoms with van der Waals surface area (Å²) in [5.41, 5.74) is 5.04. The van der Waals surface area contributed by atoms with Gasteiger partial charge in [-0.1, -0.05) is 97.1 Å². The van der Waals surface area contributed by atoms with E-state index in [1.54, 1.807) is 0 Å². The molecule has 0 fully saturated rings. The molecule has 2 heterocycles. The quantitative estimate of drug-likeness (QED) is 0.175. The minimum atomic E-state index is -0.686. The maximum atomic E-state index is 13.5. The monoisotopic (exact) mass is 574 g/mol. The van der Waals surface area contributed by atoms with E-state index in [-0.39, 0.29) is 17.5 Å². The van der Waals surface area contributed by atoms with Gasteiger partial charge < -0.3 is 9.84 Å². The number of rotatable bonds is 8. The largest absolute Gasteiger partial charge is 0.875 e. The van der Waals surface area contributed by atoms with Gasteiger partial charge in [0.2, 0.25) is 0 Å². The molecule has 1 aliphatic heterocycles. The second-order valence-electron chi connectivity index (χ2n) is 11.2. The van der Waals surface area contributed by atoms with Crippen LogP contribution < -0.4 is 5.11 Å². The van der Waals surface area contributed by atoms with Crippen molar-refractivity contribution in [2.75, 3.05) is 0 Å². The molecule has 0 bridgehead atoms. The molecule has 44 heavy (non-hydrogen) atoms. The molecule has 0 N–H and O–H groups in total. The topological polar surface area (TPSA) is 60.7 Å². The van der Waals surface area contributed by atoms with E-state index < -0.39 is 5.92 Å². The van der Waals surface area contributed by atoms with Crippen molar-refractivity contribution < 1.29 is 19.1 Å². The first-order valence-corrected chi connectivity index (χ1v) is 14.9. The average Bonchev–Trinajstić information content (AvgIpc) is 3.10. The van der Waals surface area contributed by atoms with Crippen LogP contribution in [0, 0.1) is 11.8 Å². The zero-order valence-corrected chi connectivity index (χ0v) is 24.1. The minimum Gasteiger partial charge on any atom is -0.875 e. The van der Waals surface area contributed by atoms with E-state index in [9.17, 15) is 9.90 Å². The molecule has 0 spiro atoms. The molecule has 1 aromatic heterocycles. The maximum absolute atomic E-state index is 13.5. The second-order valence-corrected chi connectivity index (χ2v) is 11.2. The van der Waals surface area contributed by atoms with Crippen LogP contribution in [0.2, 0.25) is 0 Å². The van der Waals surface area contributed by atoms with E-state index in [1.165, 1.54) is 0 Å². The van der Waals surface area contributed by atoms with Crippen molar-refractivity contribution in [2.24, 2.45) is 11.8 Å². The van der Waals surface area contributed by atoms with E-state index in [2.05, 4.69) is 0 Å². The average molecular weight is 575 g/mol. The molecular weight excluding hydrogens is 544 g/mol. The summed E-state index contributed by atoms with van der Waals surface area (Å²) in [5, 5.41) is 13.5. The summed E-state index contributed by atoms with van der Waals surface area (Å²) in [7, 11) is 0. The molecule has 4 aromatic carbocycles. The van der Waals surface area contributed by atoms with Crippen molar-refractivity contribution in [3.8, 4) is 22.6 Å². The van der Waals surface area contributed by atoms with Crippen molar-refractivity contribution in [2.45, 2.75) is 12.8 Å². The highest BCUT2D eigenvalue weighted by Crippen LogP contribution is 2.40. The van der Waals surface area contributed by atoms with Crippen molar-refractivity contribution in [1.29, 1.82) is 0 Å². The highest BCUT2D eigenvalue weighted by molar-refractivity contribution is 6.06. The van der Waals surface area contributed by atoms with Gasteiger partial charge in [0.1, 0.15) is 11.5 Å². The Morgan fingerprint density at radius 3 is 1.45 bits per heavy atom. The normalized spacial score (nSPS) is 16.5. The zero-order chi connectivity index (χ0) is 29.9. The Hall–Kier alpha value is -5.48. The first-order valence-electron chi connectivity index (χ1n) is 14.9. The van der Waals surface area contributed by atoms with Crippen LogP contribution in [0.5, 0.6) is 0 Å². The summed E-state index contributed by atoms with van der Waals surface area (Å²) >= 11 is 0. The predicted octanol–water partition coefficient (Wildman–Crippen LogP) is 8.37. The van der Waals surface area contributed by atoms with Gasteiger partial charge in [-0.2, -0.15) is 0 Å². The third kappa shape index (κ3) is 5.62. The van der Waals surface area contributed by atoms with Crippen LogP contribution >= 0.6 is 0 Å². The molecule has 2 aliphatic rings. The van der Waals surface area contributed by atoms with Crippen molar-refractivity contribution in [1.82, 2.24) is 0 Å². The zero-order valence-electron chi connectivity index (χ0n) is 24.1. The van der Waals surface area contributed by atoms with E-state index in [0.29, 0.717) is 29.9 Å². The first kappa shape index (κ1) is 27.4. The van der Waals surface area contributed by atoms with Crippen LogP contribution in [0.3, 0.4) is 0 Å². The first-order chi connectivity index (χ1) is 21.6. The number of hydrogen-bond acceptors (Lipinski definition) is 3. The van der Waals surface area contributed by atoms with Gasteiger partial charge >= 0.3 is 11.5 Å². The minimum absolute atomic E-state index is 0.0749. The van der Waals surface area contributed by atoms with Gasteiger partial charge in [0.25, 0.3) is 0 Å². The van der Waals surface area contributed by atoms with Gasteiger partial charge in [-0.25, -0.2) is 4.42 Å². The Bertz CT molecular complexity index is 1780. The van der Waals surface area contributed by atoms with E-state index in [0.717, 1.165) is 39.3 Å². The van der Waals surface area contributed by atoms with Gasteiger partial charge in [-0.05, 0) is 60.4 Å². The molecule has 5 aromatic rings. The van der Waals surface area contributed by atoms with Crippen LogP contribution in [-0.2, 0) is 16.0 Å². The fourth-order valence-corrected chi connectivity index (χ4v) is 5.86. The fourth-order valence-electron chi connectivity index (χ4n) is 5.86. The second kappa shape index (κ2) is 12.0. The highest BCUT2D eigenvalue weighted by Gasteiger charge is 2.35. The van der Waals surface area contributed by atoms with Crippen molar-refractivity contribution >= 4 is 17.3 Å². The Morgan fingerprint density at radius 1 is 0.591 bits per heavy atom. The lowest BCUT2D eigenvalue weighted by molar-refractivity contribution is -0.319. The van der Waals surface area contributed by atoms with Crippen LogP contribution in [0.4, 0.5) is 0 Å². The summed E-state index contributed by atoms with van der Waals surface area (Å²) in [6, 6.07) is 43.4. The molecule has 1 unspecified atom stereocenters. The lowest BCUT2D eigenvalue weighted by atomic mass is 9.74.